The van der Waals surface area contributed by atoms with Crippen LogP contribution in [-0.4, -0.2) is 72.3 Å². The number of nitrogens with zero attached hydrogens (tertiary/aromatic N) is 5. The van der Waals surface area contributed by atoms with Crippen LogP contribution in [0.1, 0.15) is 28.8 Å². The van der Waals surface area contributed by atoms with E-state index in [0.29, 0.717) is 44.1 Å². The first kappa shape index (κ1) is 20.8. The number of carbonyl (C=O) groups excluding carboxylic acids is 2. The van der Waals surface area contributed by atoms with Gasteiger partial charge in [-0.25, -0.2) is 9.98 Å². The Balaban J connectivity index is 1.39. The molecule has 0 bridgehead atoms. The summed E-state index contributed by atoms with van der Waals surface area (Å²) in [5, 5.41) is 2.71. The number of piperazine rings is 1. The van der Waals surface area contributed by atoms with Gasteiger partial charge in [-0.1, -0.05) is 18.2 Å². The van der Waals surface area contributed by atoms with Crippen molar-refractivity contribution in [2.75, 3.05) is 44.2 Å². The summed E-state index contributed by atoms with van der Waals surface area (Å²) in [4.78, 5) is 39.3. The molecule has 2 aromatic rings. The smallest absolute Gasteiger partial charge is 0.255 e. The van der Waals surface area contributed by atoms with Crippen molar-refractivity contribution in [3.8, 4) is 0 Å². The Kier molecular flexibility index (Phi) is 6.45. The summed E-state index contributed by atoms with van der Waals surface area (Å²) in [6.45, 7) is 6.34. The maximum atomic E-state index is 12.9. The summed E-state index contributed by atoms with van der Waals surface area (Å²) in [6, 6.07) is 11.6. The number of nitrogens with one attached hydrogen (secondary N) is 1. The summed E-state index contributed by atoms with van der Waals surface area (Å²) in [6.07, 6.45) is 4.71. The molecule has 2 aliphatic rings. The second-order valence-corrected chi connectivity index (χ2v) is 7.86. The number of para-hydroxylation sites is 1. The molecule has 0 spiro atoms. The molecule has 1 aromatic carbocycles. The lowest BCUT2D eigenvalue weighted by atomic mass is 10.2. The van der Waals surface area contributed by atoms with E-state index in [1.165, 1.54) is 12.8 Å². The van der Waals surface area contributed by atoms with Gasteiger partial charge in [0.1, 0.15) is 5.82 Å². The van der Waals surface area contributed by atoms with Gasteiger partial charge in [0.15, 0.2) is 0 Å². The van der Waals surface area contributed by atoms with Gasteiger partial charge in [-0.15, -0.1) is 0 Å². The molecule has 162 valence electrons. The molecule has 0 unspecified atom stereocenters. The van der Waals surface area contributed by atoms with Gasteiger partial charge in [0, 0.05) is 45.5 Å². The van der Waals surface area contributed by atoms with Crippen LogP contribution in [0.4, 0.5) is 11.5 Å². The minimum Gasteiger partial charge on any atom is -0.357 e. The Labute approximate surface area is 182 Å². The van der Waals surface area contributed by atoms with Crippen LogP contribution >= 0.6 is 0 Å². The number of hydrogen-bond donors (Lipinski definition) is 1. The third-order valence-corrected chi connectivity index (χ3v) is 5.82. The number of benzene rings is 1. The summed E-state index contributed by atoms with van der Waals surface area (Å²) in [5.41, 5.74) is 2.46. The Bertz CT molecular complexity index is 945. The van der Waals surface area contributed by atoms with Gasteiger partial charge >= 0.3 is 0 Å². The Morgan fingerprint density at radius 2 is 1.71 bits per heavy atom. The summed E-state index contributed by atoms with van der Waals surface area (Å²) >= 11 is 0. The number of amides is 2. The highest BCUT2D eigenvalue weighted by Gasteiger charge is 2.24. The first-order valence-electron chi connectivity index (χ1n) is 10.8. The molecule has 8 nitrogen and oxygen atoms in total. The normalized spacial score (nSPS) is 17.1. The first-order chi connectivity index (χ1) is 15.2. The van der Waals surface area contributed by atoms with Crippen LogP contribution in [-0.2, 0) is 4.79 Å². The molecule has 2 aliphatic heterocycles. The van der Waals surface area contributed by atoms with E-state index in [4.69, 9.17) is 0 Å². The number of pyridine rings is 1. The largest absolute Gasteiger partial charge is 0.357 e. The molecule has 8 heteroatoms. The molecule has 1 N–H and O–H groups in total. The van der Waals surface area contributed by atoms with E-state index in [2.05, 4.69) is 20.2 Å². The Morgan fingerprint density at radius 3 is 2.35 bits per heavy atom. The lowest BCUT2D eigenvalue weighted by molar-refractivity contribution is -0.108. The number of hydrogen-bond acceptors (Lipinski definition) is 5. The van der Waals surface area contributed by atoms with Crippen LogP contribution in [0, 0.1) is 6.92 Å². The van der Waals surface area contributed by atoms with Crippen LogP contribution in [0.25, 0.3) is 0 Å². The second-order valence-electron chi connectivity index (χ2n) is 7.86. The minimum atomic E-state index is -0.0131. The van der Waals surface area contributed by atoms with Crippen molar-refractivity contribution in [2.45, 2.75) is 19.8 Å². The van der Waals surface area contributed by atoms with Gasteiger partial charge in [0.2, 0.25) is 12.4 Å². The molecule has 0 saturated carbocycles. The molecule has 2 amide bonds. The summed E-state index contributed by atoms with van der Waals surface area (Å²) < 4.78 is 0. The van der Waals surface area contributed by atoms with Crippen molar-refractivity contribution < 1.29 is 9.59 Å². The number of carbonyl (C=O) groups is 2. The number of anilines is 1. The van der Waals surface area contributed by atoms with E-state index in [1.54, 1.807) is 6.20 Å². The summed E-state index contributed by atoms with van der Waals surface area (Å²) in [7, 11) is 0. The van der Waals surface area contributed by atoms with Crippen molar-refractivity contribution in [1.82, 2.24) is 20.1 Å². The van der Waals surface area contributed by atoms with Gasteiger partial charge in [-0.05, 0) is 43.5 Å². The van der Waals surface area contributed by atoms with Crippen LogP contribution in [0.3, 0.4) is 0 Å². The SMILES string of the molecule is Cc1ccccc1N=C(NC=O)N1CCN(C(=O)c2ccc(N3CCCC3)nc2)CC1. The zero-order valence-corrected chi connectivity index (χ0v) is 17.8. The minimum absolute atomic E-state index is 0.0131. The molecule has 4 rings (SSSR count). The third-order valence-electron chi connectivity index (χ3n) is 5.82. The molecule has 3 heterocycles. The third kappa shape index (κ3) is 4.84. The lowest BCUT2D eigenvalue weighted by Gasteiger charge is -2.36. The molecule has 31 heavy (non-hydrogen) atoms. The van der Waals surface area contributed by atoms with E-state index >= 15 is 0 Å². The topological polar surface area (TPSA) is 81.1 Å². The van der Waals surface area contributed by atoms with Gasteiger partial charge < -0.3 is 14.7 Å². The number of rotatable bonds is 4. The first-order valence-corrected chi connectivity index (χ1v) is 10.8. The van der Waals surface area contributed by atoms with Crippen LogP contribution < -0.4 is 10.2 Å². The Morgan fingerprint density at radius 1 is 1.00 bits per heavy atom. The highest BCUT2D eigenvalue weighted by Crippen LogP contribution is 2.20. The Hall–Kier alpha value is -3.42. The van der Waals surface area contributed by atoms with E-state index in [9.17, 15) is 9.59 Å². The number of aliphatic imine (C=N–C) groups is 1. The van der Waals surface area contributed by atoms with Crippen molar-refractivity contribution >= 4 is 29.8 Å². The van der Waals surface area contributed by atoms with Gasteiger partial charge in [0.05, 0.1) is 11.3 Å². The van der Waals surface area contributed by atoms with E-state index < -0.39 is 0 Å². The predicted molar refractivity (Wildman–Crippen MR) is 121 cm³/mol. The second kappa shape index (κ2) is 9.59. The van der Waals surface area contributed by atoms with E-state index in [0.717, 1.165) is 30.2 Å². The number of aryl methyl sites for hydroxylation is 1. The van der Waals surface area contributed by atoms with Crippen molar-refractivity contribution in [2.24, 2.45) is 4.99 Å². The maximum Gasteiger partial charge on any atom is 0.255 e. The average Bonchev–Trinajstić information content (AvgIpc) is 3.35. The van der Waals surface area contributed by atoms with Crippen LogP contribution in [0.5, 0.6) is 0 Å². The highest BCUT2D eigenvalue weighted by molar-refractivity contribution is 5.95. The standard InChI is InChI=1S/C23H28N6O2/c1-18-6-2-3-7-20(18)26-23(25-17-30)29-14-12-28(13-15-29)22(31)19-8-9-21(24-16-19)27-10-4-5-11-27/h2-3,6-9,16-17H,4-5,10-15H2,1H3,(H,25,26,30). The zero-order valence-electron chi connectivity index (χ0n) is 17.8. The van der Waals surface area contributed by atoms with Crippen molar-refractivity contribution in [1.29, 1.82) is 0 Å². The average molecular weight is 421 g/mol. The maximum absolute atomic E-state index is 12.9. The van der Waals surface area contributed by atoms with E-state index in [-0.39, 0.29) is 5.91 Å². The summed E-state index contributed by atoms with van der Waals surface area (Å²) in [5.74, 6) is 1.43. The van der Waals surface area contributed by atoms with Gasteiger partial charge in [-0.3, -0.25) is 14.9 Å². The molecular weight excluding hydrogens is 392 g/mol. The molecule has 2 saturated heterocycles. The molecule has 2 fully saturated rings. The fourth-order valence-electron chi connectivity index (χ4n) is 4.00. The predicted octanol–water partition coefficient (Wildman–Crippen LogP) is 2.18. The van der Waals surface area contributed by atoms with Crippen molar-refractivity contribution in [3.63, 3.8) is 0 Å². The fourth-order valence-corrected chi connectivity index (χ4v) is 4.00. The molecule has 0 aliphatic carbocycles. The highest BCUT2D eigenvalue weighted by atomic mass is 16.2. The van der Waals surface area contributed by atoms with Crippen LogP contribution in [0.2, 0.25) is 0 Å². The fraction of sp³-hybridized carbons (Fsp3) is 0.391. The number of aromatic nitrogens is 1. The molecule has 1 aromatic heterocycles. The van der Waals surface area contributed by atoms with E-state index in [1.807, 2.05) is 53.1 Å². The van der Waals surface area contributed by atoms with Crippen LogP contribution in [0.15, 0.2) is 47.6 Å². The quantitative estimate of drug-likeness (QED) is 0.466. The monoisotopic (exact) mass is 420 g/mol. The molecule has 0 radical (unpaired) electrons. The van der Waals surface area contributed by atoms with Gasteiger partial charge in [-0.2, -0.15) is 0 Å². The molecular formula is C23H28N6O2. The van der Waals surface area contributed by atoms with Crippen molar-refractivity contribution in [3.05, 3.63) is 53.7 Å². The molecule has 0 atom stereocenters. The van der Waals surface area contributed by atoms with Gasteiger partial charge in [0.25, 0.3) is 5.91 Å². The number of guanidine groups is 1. The lowest BCUT2D eigenvalue weighted by Crippen LogP contribution is -2.53. The zero-order chi connectivity index (χ0) is 21.6.